The molecule has 1 aromatic rings. The molecule has 0 bridgehead atoms. The molecule has 1 aromatic carbocycles. The van der Waals surface area contributed by atoms with Gasteiger partial charge in [0.1, 0.15) is 5.82 Å². The summed E-state index contributed by atoms with van der Waals surface area (Å²) in [5, 5.41) is 8.40. The van der Waals surface area contributed by atoms with Gasteiger partial charge in [-0.15, -0.1) is 0 Å². The second kappa shape index (κ2) is 10.6. The monoisotopic (exact) mass is 292 g/mol. The predicted molar refractivity (Wildman–Crippen MR) is 68.1 cm³/mol. The van der Waals surface area contributed by atoms with Crippen molar-refractivity contribution in [1.29, 1.82) is 0 Å². The molecule has 0 spiro atoms. The third-order valence-corrected chi connectivity index (χ3v) is 1.84. The molecule has 1 N–H and O–H groups in total. The van der Waals surface area contributed by atoms with E-state index in [1.54, 1.807) is 0 Å². The highest BCUT2D eigenvalue weighted by molar-refractivity contribution is 9.10. The molecule has 0 aromatic heterocycles. The average Bonchev–Trinajstić information content (AvgIpc) is 2.28. The van der Waals surface area contributed by atoms with Gasteiger partial charge in [-0.3, -0.25) is 4.79 Å². The molecular weight excluding hydrogens is 275 g/mol. The van der Waals surface area contributed by atoms with E-state index in [0.717, 1.165) is 0 Å². The minimum absolute atomic E-state index is 0.192. The van der Waals surface area contributed by atoms with Gasteiger partial charge in [-0.05, 0) is 18.2 Å². The first-order valence-electron chi connectivity index (χ1n) is 5.25. The first kappa shape index (κ1) is 17.5. The number of hydrogen-bond acceptors (Lipinski definition) is 1. The van der Waals surface area contributed by atoms with E-state index >= 15 is 0 Å². The van der Waals surface area contributed by atoms with Gasteiger partial charge in [0.25, 0.3) is 0 Å². The van der Waals surface area contributed by atoms with Gasteiger partial charge in [-0.25, -0.2) is 4.39 Å². The lowest BCUT2D eigenvalue weighted by Gasteiger charge is -1.99. The molecule has 0 unspecified atom stereocenters. The van der Waals surface area contributed by atoms with E-state index in [9.17, 15) is 9.18 Å². The normalized spacial score (nSPS) is 8.12. The van der Waals surface area contributed by atoms with E-state index in [1.807, 2.05) is 27.7 Å². The van der Waals surface area contributed by atoms with E-state index in [-0.39, 0.29) is 12.0 Å². The molecule has 0 atom stereocenters. The van der Waals surface area contributed by atoms with Gasteiger partial charge in [0, 0.05) is 10.0 Å². The number of rotatable bonds is 2. The Labute approximate surface area is 105 Å². The second-order valence-corrected chi connectivity index (χ2v) is 3.22. The number of carbonyl (C=O) groups is 1. The van der Waals surface area contributed by atoms with Crippen molar-refractivity contribution in [2.75, 3.05) is 0 Å². The lowest BCUT2D eigenvalue weighted by atomic mass is 10.1. The van der Waals surface area contributed by atoms with E-state index < -0.39 is 11.8 Å². The molecule has 0 aliphatic rings. The highest BCUT2D eigenvalue weighted by atomic mass is 79.9. The van der Waals surface area contributed by atoms with Crippen molar-refractivity contribution in [2.24, 2.45) is 0 Å². The van der Waals surface area contributed by atoms with Crippen LogP contribution in [0.3, 0.4) is 0 Å². The Bertz CT molecular complexity index is 314. The van der Waals surface area contributed by atoms with Crippen LogP contribution in [0.2, 0.25) is 0 Å². The van der Waals surface area contributed by atoms with Gasteiger partial charge in [0.15, 0.2) is 0 Å². The van der Waals surface area contributed by atoms with Gasteiger partial charge < -0.3 is 5.11 Å². The predicted octanol–water partition coefficient (Wildman–Crippen LogP) is 4.27. The van der Waals surface area contributed by atoms with Crippen LogP contribution in [0, 0.1) is 5.82 Å². The SMILES string of the molecule is CC.CC.O=C(O)Cc1cc(Br)ccc1F. The Morgan fingerprint density at radius 3 is 2.25 bits per heavy atom. The third-order valence-electron chi connectivity index (χ3n) is 1.35. The fraction of sp³-hybridized carbons (Fsp3) is 0.417. The molecule has 0 saturated heterocycles. The summed E-state index contributed by atoms with van der Waals surface area (Å²) in [6.07, 6.45) is -0.286. The summed E-state index contributed by atoms with van der Waals surface area (Å²) < 4.78 is 13.5. The minimum Gasteiger partial charge on any atom is -0.481 e. The number of aliphatic carboxylic acids is 1. The maximum atomic E-state index is 12.8. The Kier molecular flexibility index (Phi) is 11.6. The lowest BCUT2D eigenvalue weighted by molar-refractivity contribution is -0.136. The van der Waals surface area contributed by atoms with E-state index in [4.69, 9.17) is 5.11 Å². The average molecular weight is 293 g/mol. The van der Waals surface area contributed by atoms with Gasteiger partial charge >= 0.3 is 5.97 Å². The summed E-state index contributed by atoms with van der Waals surface area (Å²) in [4.78, 5) is 10.3. The lowest BCUT2D eigenvalue weighted by Crippen LogP contribution is -2.02. The highest BCUT2D eigenvalue weighted by Gasteiger charge is 2.06. The van der Waals surface area contributed by atoms with Crippen LogP contribution in [-0.4, -0.2) is 11.1 Å². The summed E-state index contributed by atoms with van der Waals surface area (Å²) in [6, 6.07) is 4.23. The standard InChI is InChI=1S/C8H6BrFO2.2C2H6/c9-6-1-2-7(10)5(3-6)4-8(11)12;2*1-2/h1-3H,4H2,(H,11,12);2*1-2H3. The number of hydrogen-bond donors (Lipinski definition) is 1. The smallest absolute Gasteiger partial charge is 0.307 e. The van der Waals surface area contributed by atoms with Crippen LogP contribution in [-0.2, 0) is 11.2 Å². The molecule has 0 aliphatic heterocycles. The van der Waals surface area contributed by atoms with E-state index in [2.05, 4.69) is 15.9 Å². The van der Waals surface area contributed by atoms with Crippen LogP contribution in [0.15, 0.2) is 22.7 Å². The molecule has 1 rings (SSSR count). The first-order valence-corrected chi connectivity index (χ1v) is 6.04. The molecule has 2 nitrogen and oxygen atoms in total. The molecule has 4 heteroatoms. The number of halogens is 2. The summed E-state index contributed by atoms with van der Waals surface area (Å²) in [5.74, 6) is -1.52. The van der Waals surface area contributed by atoms with Gasteiger partial charge in [-0.2, -0.15) is 0 Å². The van der Waals surface area contributed by atoms with Crippen molar-refractivity contribution in [3.63, 3.8) is 0 Å². The fourth-order valence-electron chi connectivity index (χ4n) is 0.842. The Hall–Kier alpha value is -0.900. The van der Waals surface area contributed by atoms with Crippen molar-refractivity contribution in [3.8, 4) is 0 Å². The van der Waals surface area contributed by atoms with E-state index in [0.29, 0.717) is 4.47 Å². The van der Waals surface area contributed by atoms with Crippen molar-refractivity contribution in [2.45, 2.75) is 34.1 Å². The first-order chi connectivity index (χ1) is 7.59. The zero-order valence-corrected chi connectivity index (χ0v) is 11.6. The molecule has 0 fully saturated rings. The molecule has 0 aliphatic carbocycles. The highest BCUT2D eigenvalue weighted by Crippen LogP contribution is 2.15. The van der Waals surface area contributed by atoms with Crippen molar-refractivity contribution < 1.29 is 14.3 Å². The van der Waals surface area contributed by atoms with Crippen LogP contribution in [0.4, 0.5) is 4.39 Å². The van der Waals surface area contributed by atoms with Crippen LogP contribution >= 0.6 is 15.9 Å². The molecule has 0 radical (unpaired) electrons. The van der Waals surface area contributed by atoms with Gasteiger partial charge in [-0.1, -0.05) is 43.6 Å². The topological polar surface area (TPSA) is 37.3 Å². The largest absolute Gasteiger partial charge is 0.481 e. The maximum Gasteiger partial charge on any atom is 0.307 e. The molecule has 0 saturated carbocycles. The quantitative estimate of drug-likeness (QED) is 0.884. The Balaban J connectivity index is 0. The van der Waals surface area contributed by atoms with Gasteiger partial charge in [0.05, 0.1) is 6.42 Å². The summed E-state index contributed by atoms with van der Waals surface area (Å²) in [6.45, 7) is 8.00. The Morgan fingerprint density at radius 1 is 1.31 bits per heavy atom. The second-order valence-electron chi connectivity index (χ2n) is 2.31. The van der Waals surface area contributed by atoms with Crippen LogP contribution in [0.5, 0.6) is 0 Å². The molecule has 0 heterocycles. The van der Waals surface area contributed by atoms with Crippen molar-refractivity contribution in [1.82, 2.24) is 0 Å². The minimum atomic E-state index is -1.04. The zero-order valence-electron chi connectivity index (χ0n) is 10.1. The molecular formula is C12H18BrFO2. The zero-order chi connectivity index (χ0) is 13.1. The maximum absolute atomic E-state index is 12.8. The summed E-state index contributed by atoms with van der Waals surface area (Å²) >= 11 is 3.13. The van der Waals surface area contributed by atoms with Crippen LogP contribution in [0.1, 0.15) is 33.3 Å². The molecule has 16 heavy (non-hydrogen) atoms. The number of carboxylic acid groups (broad SMARTS) is 1. The Morgan fingerprint density at radius 2 is 1.81 bits per heavy atom. The van der Waals surface area contributed by atoms with E-state index in [1.165, 1.54) is 18.2 Å². The molecule has 0 amide bonds. The van der Waals surface area contributed by atoms with Crippen molar-refractivity contribution in [3.05, 3.63) is 34.1 Å². The summed E-state index contributed by atoms with van der Waals surface area (Å²) in [7, 11) is 0. The molecule has 92 valence electrons. The number of benzene rings is 1. The third kappa shape index (κ3) is 7.40. The fourth-order valence-corrected chi connectivity index (χ4v) is 1.25. The van der Waals surface area contributed by atoms with Crippen LogP contribution < -0.4 is 0 Å². The van der Waals surface area contributed by atoms with Crippen molar-refractivity contribution >= 4 is 21.9 Å². The van der Waals surface area contributed by atoms with Gasteiger partial charge in [0.2, 0.25) is 0 Å². The van der Waals surface area contributed by atoms with Crippen LogP contribution in [0.25, 0.3) is 0 Å². The number of carboxylic acids is 1. The summed E-state index contributed by atoms with van der Waals surface area (Å²) in [5.41, 5.74) is 0.192.